The summed E-state index contributed by atoms with van der Waals surface area (Å²) in [6.07, 6.45) is 0.897. The second kappa shape index (κ2) is 11.7. The van der Waals surface area contributed by atoms with Crippen LogP contribution in [0.15, 0.2) is 18.2 Å². The van der Waals surface area contributed by atoms with Crippen LogP contribution >= 0.6 is 0 Å². The van der Waals surface area contributed by atoms with E-state index in [1.807, 2.05) is 13.8 Å². The lowest BCUT2D eigenvalue weighted by atomic mass is 10.0. The number of carbonyl (C=O) groups excluding carboxylic acids is 5. The molecule has 0 bridgehead atoms. The highest BCUT2D eigenvalue weighted by Crippen LogP contribution is 2.29. The van der Waals surface area contributed by atoms with E-state index in [9.17, 15) is 24.0 Å². The third kappa shape index (κ3) is 6.39. The quantitative estimate of drug-likeness (QED) is 0.293. The number of hydrogen-bond acceptors (Lipinski definition) is 8. The number of piperidine rings is 1. The molecule has 1 saturated heterocycles. The number of imide groups is 2. The lowest BCUT2D eigenvalue weighted by Gasteiger charge is -2.27. The molecule has 0 spiro atoms. The molecule has 5 amide bonds. The Morgan fingerprint density at radius 2 is 1.88 bits per heavy atom. The normalized spacial score (nSPS) is 17.7. The van der Waals surface area contributed by atoms with Gasteiger partial charge in [-0.25, -0.2) is 0 Å². The van der Waals surface area contributed by atoms with Crippen molar-refractivity contribution in [1.82, 2.24) is 15.5 Å². The van der Waals surface area contributed by atoms with Crippen LogP contribution in [0.2, 0.25) is 0 Å². The van der Waals surface area contributed by atoms with E-state index in [0.717, 1.165) is 4.90 Å². The predicted octanol–water partition coefficient (Wildman–Crippen LogP) is 0.448. The van der Waals surface area contributed by atoms with Gasteiger partial charge in [-0.1, -0.05) is 0 Å². The summed E-state index contributed by atoms with van der Waals surface area (Å²) in [6, 6.07) is 3.88. The van der Waals surface area contributed by atoms with Crippen LogP contribution in [-0.2, 0) is 23.9 Å². The van der Waals surface area contributed by atoms with Gasteiger partial charge < -0.3 is 20.1 Å². The Kier molecular flexibility index (Phi) is 8.72. The number of carbonyl (C=O) groups is 5. The Labute approximate surface area is 197 Å². The number of nitrogens with zero attached hydrogens (tertiary/aromatic N) is 1. The van der Waals surface area contributed by atoms with Crippen molar-refractivity contribution in [2.24, 2.45) is 0 Å². The highest BCUT2D eigenvalue weighted by Gasteiger charge is 2.44. The van der Waals surface area contributed by atoms with Crippen molar-refractivity contribution in [2.45, 2.75) is 45.3 Å². The van der Waals surface area contributed by atoms with E-state index in [1.165, 1.54) is 0 Å². The predicted molar refractivity (Wildman–Crippen MR) is 121 cm³/mol. The molecule has 34 heavy (non-hydrogen) atoms. The van der Waals surface area contributed by atoms with E-state index >= 15 is 0 Å². The summed E-state index contributed by atoms with van der Waals surface area (Å²) in [5.41, 5.74) is 1.14. The number of anilines is 1. The van der Waals surface area contributed by atoms with Gasteiger partial charge in [-0.05, 0) is 44.9 Å². The molecule has 1 aromatic rings. The second-order valence-electron chi connectivity index (χ2n) is 8.31. The number of hydrogen-bond donors (Lipinski definition) is 3. The summed E-state index contributed by atoms with van der Waals surface area (Å²) in [4.78, 5) is 61.5. The molecule has 1 fully saturated rings. The lowest BCUT2D eigenvalue weighted by molar-refractivity contribution is -0.136. The molecule has 1 unspecified atom stereocenters. The molecule has 1 aromatic carbocycles. The first kappa shape index (κ1) is 25.3. The number of rotatable bonds is 12. The Balaban J connectivity index is 1.39. The molecule has 2 aliphatic rings. The molecular weight excluding hydrogens is 444 g/mol. The molecule has 0 radical (unpaired) electrons. The van der Waals surface area contributed by atoms with E-state index in [0.29, 0.717) is 38.4 Å². The molecule has 11 nitrogen and oxygen atoms in total. The smallest absolute Gasteiger partial charge is 0.262 e. The first-order valence-corrected chi connectivity index (χ1v) is 11.3. The average Bonchev–Trinajstić information content (AvgIpc) is 3.04. The highest BCUT2D eigenvalue weighted by molar-refractivity contribution is 6.23. The van der Waals surface area contributed by atoms with Gasteiger partial charge >= 0.3 is 0 Å². The van der Waals surface area contributed by atoms with Crippen LogP contribution in [0.1, 0.15) is 53.8 Å². The molecule has 1 atom stereocenters. The number of ether oxygens (including phenoxy) is 2. The molecule has 0 aromatic heterocycles. The topological polar surface area (TPSA) is 143 Å². The zero-order valence-electron chi connectivity index (χ0n) is 19.3. The van der Waals surface area contributed by atoms with E-state index in [1.54, 1.807) is 18.2 Å². The van der Waals surface area contributed by atoms with Crippen LogP contribution in [0.25, 0.3) is 0 Å². The van der Waals surface area contributed by atoms with Gasteiger partial charge in [0.2, 0.25) is 17.7 Å². The Morgan fingerprint density at radius 1 is 1.12 bits per heavy atom. The maximum absolute atomic E-state index is 12.8. The number of fused-ring (bicyclic) bond motifs is 1. The molecule has 184 valence electrons. The van der Waals surface area contributed by atoms with Gasteiger partial charge in [0.1, 0.15) is 12.6 Å². The molecule has 3 rings (SSSR count). The number of amides is 5. The zero-order valence-corrected chi connectivity index (χ0v) is 19.3. The fourth-order valence-electron chi connectivity index (χ4n) is 3.65. The van der Waals surface area contributed by atoms with Crippen molar-refractivity contribution in [2.75, 3.05) is 38.2 Å². The maximum Gasteiger partial charge on any atom is 0.262 e. The van der Waals surface area contributed by atoms with Crippen LogP contribution in [0.4, 0.5) is 5.69 Å². The highest BCUT2D eigenvalue weighted by atomic mass is 16.5. The number of benzene rings is 1. The average molecular weight is 475 g/mol. The van der Waals surface area contributed by atoms with Gasteiger partial charge in [0.25, 0.3) is 11.8 Å². The minimum Gasteiger partial charge on any atom is -0.385 e. The van der Waals surface area contributed by atoms with Crippen LogP contribution in [-0.4, -0.2) is 79.5 Å². The van der Waals surface area contributed by atoms with Crippen molar-refractivity contribution in [3.05, 3.63) is 29.3 Å². The summed E-state index contributed by atoms with van der Waals surface area (Å²) in [7, 11) is 0. The van der Waals surface area contributed by atoms with E-state index in [-0.39, 0.29) is 42.6 Å². The third-order valence-electron chi connectivity index (χ3n) is 5.35. The van der Waals surface area contributed by atoms with E-state index < -0.39 is 29.7 Å². The van der Waals surface area contributed by atoms with E-state index in [2.05, 4.69) is 16.0 Å². The Morgan fingerprint density at radius 3 is 2.62 bits per heavy atom. The van der Waals surface area contributed by atoms with Gasteiger partial charge in [-0.2, -0.15) is 0 Å². The van der Waals surface area contributed by atoms with Crippen molar-refractivity contribution < 1.29 is 33.4 Å². The molecule has 2 heterocycles. The largest absolute Gasteiger partial charge is 0.385 e. The summed E-state index contributed by atoms with van der Waals surface area (Å²) < 4.78 is 10.7. The molecule has 11 heteroatoms. The third-order valence-corrected chi connectivity index (χ3v) is 5.35. The van der Waals surface area contributed by atoms with Crippen LogP contribution < -0.4 is 16.0 Å². The fraction of sp³-hybridized carbons (Fsp3) is 0.522. The summed E-state index contributed by atoms with van der Waals surface area (Å²) >= 11 is 0. The monoisotopic (exact) mass is 474 g/mol. The van der Waals surface area contributed by atoms with Gasteiger partial charge in [-0.15, -0.1) is 0 Å². The molecule has 0 aliphatic carbocycles. The van der Waals surface area contributed by atoms with Crippen LogP contribution in [0, 0.1) is 0 Å². The minimum atomic E-state index is -0.980. The van der Waals surface area contributed by atoms with Gasteiger partial charge in [-0.3, -0.25) is 34.2 Å². The second-order valence-corrected chi connectivity index (χ2v) is 8.31. The Hall–Kier alpha value is -3.31. The molecular formula is C23H30N4O7. The van der Waals surface area contributed by atoms with Crippen molar-refractivity contribution >= 4 is 35.2 Å². The summed E-state index contributed by atoms with van der Waals surface area (Å²) in [5.74, 6) is -2.29. The van der Waals surface area contributed by atoms with Crippen LogP contribution in [0.3, 0.4) is 0 Å². The molecule has 3 N–H and O–H groups in total. The number of nitrogens with one attached hydrogen (secondary N) is 3. The first-order chi connectivity index (χ1) is 16.3. The zero-order chi connectivity index (χ0) is 24.7. The van der Waals surface area contributed by atoms with Gasteiger partial charge in [0, 0.05) is 31.8 Å². The summed E-state index contributed by atoms with van der Waals surface area (Å²) in [5, 5.41) is 8.07. The summed E-state index contributed by atoms with van der Waals surface area (Å²) in [6.45, 7) is 5.60. The lowest BCUT2D eigenvalue weighted by Crippen LogP contribution is -2.54. The standard InChI is InChI=1S/C23H30N4O7/c1-14(2)34-13-20(29)25-9-11-33-10-3-8-24-15-4-5-16-17(12-15)23(32)27(22(16)31)18-6-7-19(28)26-21(18)30/h4-5,12,14,18,24H,3,6-11,13H2,1-2H3,(H,25,29)(H,26,28,30). The fourth-order valence-corrected chi connectivity index (χ4v) is 3.65. The van der Waals surface area contributed by atoms with E-state index in [4.69, 9.17) is 9.47 Å². The Bertz CT molecular complexity index is 963. The van der Waals surface area contributed by atoms with Crippen molar-refractivity contribution in [3.8, 4) is 0 Å². The molecule has 0 saturated carbocycles. The minimum absolute atomic E-state index is 0.00283. The first-order valence-electron chi connectivity index (χ1n) is 11.3. The van der Waals surface area contributed by atoms with Crippen molar-refractivity contribution in [1.29, 1.82) is 0 Å². The maximum atomic E-state index is 12.8. The van der Waals surface area contributed by atoms with Crippen molar-refractivity contribution in [3.63, 3.8) is 0 Å². The van der Waals surface area contributed by atoms with Gasteiger partial charge in [0.15, 0.2) is 0 Å². The van der Waals surface area contributed by atoms with Crippen LogP contribution in [0.5, 0.6) is 0 Å². The SMILES string of the molecule is CC(C)OCC(=O)NCCOCCCNc1ccc2c(c1)C(=O)N(C1CCC(=O)NC1=O)C2=O. The van der Waals surface area contributed by atoms with Gasteiger partial charge in [0.05, 0.1) is 23.8 Å². The molecule has 2 aliphatic heterocycles.